The first kappa shape index (κ1) is 14.4. The quantitative estimate of drug-likeness (QED) is 0.800. The second kappa shape index (κ2) is 6.30. The molecule has 0 aliphatic carbocycles. The zero-order valence-corrected chi connectivity index (χ0v) is 11.3. The average Bonchev–Trinajstić information content (AvgIpc) is 2.28. The third kappa shape index (κ3) is 4.23. The van der Waals surface area contributed by atoms with E-state index in [-0.39, 0.29) is 16.1 Å². The molecule has 1 N–H and O–H groups in total. The number of hydrogen-bond donors (Lipinski definition) is 1. The normalized spacial score (nSPS) is 13.6. The third-order valence-corrected chi connectivity index (χ3v) is 3.92. The molecular weight excluding hydrogens is 264 g/mol. The number of nitrogens with one attached hydrogen (secondary N) is 1. The number of ether oxygens (including phenoxy) is 1. The number of pyridine rings is 1. The van der Waals surface area contributed by atoms with Crippen LogP contribution in [0.4, 0.5) is 0 Å². The van der Waals surface area contributed by atoms with Crippen LogP contribution < -0.4 is 4.72 Å². The van der Waals surface area contributed by atoms with E-state index in [1.807, 2.05) is 6.92 Å². The molecule has 0 spiro atoms. The van der Waals surface area contributed by atoms with E-state index in [1.54, 1.807) is 0 Å². The first-order valence-corrected chi connectivity index (χ1v) is 6.98. The van der Waals surface area contributed by atoms with Crippen molar-refractivity contribution in [3.63, 3.8) is 0 Å². The molecule has 0 fully saturated rings. The van der Waals surface area contributed by atoms with Gasteiger partial charge in [-0.25, -0.2) is 18.1 Å². The molecule has 0 bridgehead atoms. The number of nitrogens with zero attached hydrogens (tertiary/aromatic N) is 1. The van der Waals surface area contributed by atoms with Gasteiger partial charge in [-0.3, -0.25) is 0 Å². The highest BCUT2D eigenvalue weighted by Crippen LogP contribution is 2.11. The van der Waals surface area contributed by atoms with E-state index >= 15 is 0 Å². The molecule has 0 aliphatic heterocycles. The molecule has 5 nitrogen and oxygen atoms in total. The third-order valence-electron chi connectivity index (χ3n) is 2.19. The number of sulfonamides is 1. The molecule has 7 heteroatoms. The van der Waals surface area contributed by atoms with Crippen molar-refractivity contribution in [3.8, 4) is 0 Å². The van der Waals surface area contributed by atoms with Crippen molar-refractivity contribution in [1.29, 1.82) is 0 Å². The maximum Gasteiger partial charge on any atom is 0.242 e. The fraction of sp³-hybridized carbons (Fsp3) is 0.500. The van der Waals surface area contributed by atoms with Crippen LogP contribution in [0.25, 0.3) is 0 Å². The lowest BCUT2D eigenvalue weighted by molar-refractivity contribution is 0.173. The number of aromatic nitrogens is 1. The zero-order chi connectivity index (χ0) is 12.9. The highest BCUT2D eigenvalue weighted by atomic mass is 35.5. The topological polar surface area (TPSA) is 68.3 Å². The molecule has 0 amide bonds. The predicted molar refractivity (Wildman–Crippen MR) is 65.5 cm³/mol. The molecule has 1 atom stereocenters. The van der Waals surface area contributed by atoms with Crippen LogP contribution in [-0.2, 0) is 14.8 Å². The van der Waals surface area contributed by atoms with Crippen LogP contribution in [0.15, 0.2) is 23.2 Å². The van der Waals surface area contributed by atoms with Gasteiger partial charge < -0.3 is 4.74 Å². The molecule has 17 heavy (non-hydrogen) atoms. The largest absolute Gasteiger partial charge is 0.383 e. The number of hydrogen-bond acceptors (Lipinski definition) is 4. The lowest BCUT2D eigenvalue weighted by Gasteiger charge is -2.15. The van der Waals surface area contributed by atoms with Crippen LogP contribution >= 0.6 is 11.6 Å². The van der Waals surface area contributed by atoms with Gasteiger partial charge in [-0.15, -0.1) is 0 Å². The predicted octanol–water partition coefficient (Wildman–Crippen LogP) is 1.44. The summed E-state index contributed by atoms with van der Waals surface area (Å²) in [7, 11) is -2.03. The number of methoxy groups -OCH3 is 1. The Morgan fingerprint density at radius 1 is 1.53 bits per heavy atom. The van der Waals surface area contributed by atoms with Gasteiger partial charge in [0.15, 0.2) is 0 Å². The minimum absolute atomic E-state index is 0.0939. The maximum atomic E-state index is 11.9. The molecule has 1 heterocycles. The van der Waals surface area contributed by atoms with Crippen LogP contribution in [0.1, 0.15) is 13.3 Å². The van der Waals surface area contributed by atoms with Crippen molar-refractivity contribution < 1.29 is 13.2 Å². The van der Waals surface area contributed by atoms with Crippen molar-refractivity contribution in [2.45, 2.75) is 24.3 Å². The molecular formula is C10H15ClN2O3S. The van der Waals surface area contributed by atoms with Gasteiger partial charge in [0.05, 0.1) is 6.61 Å². The summed E-state index contributed by atoms with van der Waals surface area (Å²) in [4.78, 5) is 3.83. The fourth-order valence-electron chi connectivity index (χ4n) is 1.25. The molecule has 96 valence electrons. The van der Waals surface area contributed by atoms with Crippen LogP contribution in [0.2, 0.25) is 5.15 Å². The summed E-state index contributed by atoms with van der Waals surface area (Å²) in [6.07, 6.45) is 1.87. The highest BCUT2D eigenvalue weighted by Gasteiger charge is 2.19. The van der Waals surface area contributed by atoms with E-state index in [0.29, 0.717) is 13.0 Å². The van der Waals surface area contributed by atoms with Crippen molar-refractivity contribution in [2.75, 3.05) is 13.7 Å². The lowest BCUT2D eigenvalue weighted by Crippen LogP contribution is -2.37. The Balaban J connectivity index is 2.84. The minimum Gasteiger partial charge on any atom is -0.383 e. The van der Waals surface area contributed by atoms with Crippen molar-refractivity contribution in [2.24, 2.45) is 0 Å². The molecule has 0 aromatic carbocycles. The molecule has 0 saturated carbocycles. The van der Waals surface area contributed by atoms with Gasteiger partial charge in [-0.05, 0) is 18.6 Å². The average molecular weight is 279 g/mol. The van der Waals surface area contributed by atoms with Gasteiger partial charge in [-0.1, -0.05) is 18.5 Å². The van der Waals surface area contributed by atoms with Gasteiger partial charge >= 0.3 is 0 Å². The summed E-state index contributed by atoms with van der Waals surface area (Å²) < 4.78 is 31.4. The molecule has 1 aromatic heterocycles. The number of rotatable bonds is 6. The summed E-state index contributed by atoms with van der Waals surface area (Å²) in [5, 5.41) is 0.257. The zero-order valence-electron chi connectivity index (χ0n) is 9.68. The smallest absolute Gasteiger partial charge is 0.242 e. The van der Waals surface area contributed by atoms with Crippen LogP contribution in [0, 0.1) is 0 Å². The van der Waals surface area contributed by atoms with Crippen molar-refractivity contribution >= 4 is 21.6 Å². The molecule has 0 aliphatic rings. The van der Waals surface area contributed by atoms with Crippen molar-refractivity contribution in [1.82, 2.24) is 9.71 Å². The SMILES string of the molecule is CCC(COC)NS(=O)(=O)c1ccc(Cl)nc1. The molecule has 1 aromatic rings. The molecule has 0 saturated heterocycles. The molecule has 0 radical (unpaired) electrons. The molecule has 1 rings (SSSR count). The van der Waals surface area contributed by atoms with E-state index < -0.39 is 10.0 Å². The Kier molecular flexibility index (Phi) is 5.32. The standard InChI is InChI=1S/C10H15ClN2O3S/c1-3-8(7-16-2)13-17(14,15)9-4-5-10(11)12-6-9/h4-6,8,13H,3,7H2,1-2H3. The van der Waals surface area contributed by atoms with E-state index in [1.165, 1.54) is 25.4 Å². The number of halogens is 1. The minimum atomic E-state index is -3.56. The van der Waals surface area contributed by atoms with E-state index in [0.717, 1.165) is 0 Å². The van der Waals surface area contributed by atoms with Crippen molar-refractivity contribution in [3.05, 3.63) is 23.5 Å². The monoisotopic (exact) mass is 278 g/mol. The van der Waals surface area contributed by atoms with E-state index in [4.69, 9.17) is 16.3 Å². The molecule has 1 unspecified atom stereocenters. The Bertz CT molecular complexity index is 447. The fourth-order valence-corrected chi connectivity index (χ4v) is 2.61. The van der Waals surface area contributed by atoms with Crippen LogP contribution in [-0.4, -0.2) is 33.2 Å². The Hall–Kier alpha value is -0.690. The first-order chi connectivity index (χ1) is 7.99. The van der Waals surface area contributed by atoms with Gasteiger partial charge in [0.1, 0.15) is 10.0 Å². The van der Waals surface area contributed by atoms with Gasteiger partial charge in [-0.2, -0.15) is 0 Å². The first-order valence-electron chi connectivity index (χ1n) is 5.12. The summed E-state index contributed by atoms with van der Waals surface area (Å²) in [5.74, 6) is 0. The Labute approximate surface area is 106 Å². The van der Waals surface area contributed by atoms with Gasteiger partial charge in [0, 0.05) is 19.3 Å². The Morgan fingerprint density at radius 3 is 2.71 bits per heavy atom. The Morgan fingerprint density at radius 2 is 2.24 bits per heavy atom. The lowest BCUT2D eigenvalue weighted by atomic mass is 10.3. The van der Waals surface area contributed by atoms with Crippen LogP contribution in [0.3, 0.4) is 0 Å². The van der Waals surface area contributed by atoms with Gasteiger partial charge in [0.25, 0.3) is 0 Å². The highest BCUT2D eigenvalue weighted by molar-refractivity contribution is 7.89. The second-order valence-electron chi connectivity index (χ2n) is 3.50. The summed E-state index contributed by atoms with van der Waals surface area (Å²) in [6, 6.07) is 2.60. The van der Waals surface area contributed by atoms with E-state index in [9.17, 15) is 8.42 Å². The maximum absolute atomic E-state index is 11.9. The summed E-state index contributed by atoms with van der Waals surface area (Å²) in [6.45, 7) is 2.21. The summed E-state index contributed by atoms with van der Waals surface area (Å²) >= 11 is 5.60. The van der Waals surface area contributed by atoms with Gasteiger partial charge in [0.2, 0.25) is 10.0 Å². The van der Waals surface area contributed by atoms with E-state index in [2.05, 4.69) is 9.71 Å². The summed E-state index contributed by atoms with van der Waals surface area (Å²) in [5.41, 5.74) is 0. The van der Waals surface area contributed by atoms with Crippen LogP contribution in [0.5, 0.6) is 0 Å². The second-order valence-corrected chi connectivity index (χ2v) is 5.60.